The van der Waals surface area contributed by atoms with Crippen LogP contribution in [0.15, 0.2) is 53.5 Å². The van der Waals surface area contributed by atoms with Crippen molar-refractivity contribution in [1.82, 2.24) is 19.4 Å². The van der Waals surface area contributed by atoms with Gasteiger partial charge in [0.15, 0.2) is 5.15 Å². The van der Waals surface area contributed by atoms with Gasteiger partial charge in [-0.25, -0.2) is 9.78 Å². The molecule has 3 N–H and O–H groups in total. The molecule has 4 rings (SSSR count). The number of hydrogen-bond acceptors (Lipinski definition) is 3. The van der Waals surface area contributed by atoms with Crippen LogP contribution in [0, 0.1) is 0 Å². The van der Waals surface area contributed by atoms with Crippen LogP contribution in [0.2, 0.25) is 5.15 Å². The number of pyridine rings is 1. The van der Waals surface area contributed by atoms with Crippen molar-refractivity contribution in [1.29, 1.82) is 0 Å². The van der Waals surface area contributed by atoms with Gasteiger partial charge in [-0.1, -0.05) is 17.7 Å². The van der Waals surface area contributed by atoms with Crippen LogP contribution in [0.5, 0.6) is 0 Å². The molecule has 124 valence electrons. The summed E-state index contributed by atoms with van der Waals surface area (Å²) in [5.74, 6) is -0.320. The maximum atomic E-state index is 12.1. The maximum absolute atomic E-state index is 12.1. The number of amides is 1. The molecule has 25 heavy (non-hydrogen) atoms. The zero-order valence-electron chi connectivity index (χ0n) is 12.8. The number of halogens is 1. The number of anilines is 1. The zero-order valence-corrected chi connectivity index (χ0v) is 13.5. The van der Waals surface area contributed by atoms with Gasteiger partial charge < -0.3 is 15.3 Å². The van der Waals surface area contributed by atoms with E-state index < -0.39 is 0 Å². The van der Waals surface area contributed by atoms with Gasteiger partial charge in [0.1, 0.15) is 5.65 Å². The summed E-state index contributed by atoms with van der Waals surface area (Å²) in [4.78, 5) is 32.9. The standard InChI is InChI=1S/C17H12ClN5O2/c18-16-13(23-8-2-1-3-14(23)22-16)6-7-15(24)19-10-4-5-11-12(9-10)21-17(25)20-11/h1-9H,(H,19,24)(H2,20,21,25)/b7-6+. The van der Waals surface area contributed by atoms with Gasteiger partial charge in [0.25, 0.3) is 0 Å². The van der Waals surface area contributed by atoms with Gasteiger partial charge in [-0.05, 0) is 36.4 Å². The van der Waals surface area contributed by atoms with E-state index in [4.69, 9.17) is 11.6 Å². The van der Waals surface area contributed by atoms with Crippen LogP contribution in [-0.4, -0.2) is 25.3 Å². The normalized spacial score (nSPS) is 11.6. The fraction of sp³-hybridized carbons (Fsp3) is 0. The first-order valence-electron chi connectivity index (χ1n) is 7.44. The van der Waals surface area contributed by atoms with Crippen molar-refractivity contribution >= 4 is 46.0 Å². The number of aromatic nitrogens is 4. The first-order valence-corrected chi connectivity index (χ1v) is 7.82. The summed E-state index contributed by atoms with van der Waals surface area (Å²) in [6, 6.07) is 10.7. The zero-order chi connectivity index (χ0) is 17.4. The maximum Gasteiger partial charge on any atom is 0.323 e. The molecule has 0 aliphatic heterocycles. The molecular weight excluding hydrogens is 342 g/mol. The van der Waals surface area contributed by atoms with Gasteiger partial charge in [-0.2, -0.15) is 0 Å². The molecule has 0 atom stereocenters. The molecule has 0 bridgehead atoms. The third-order valence-corrected chi connectivity index (χ3v) is 3.98. The van der Waals surface area contributed by atoms with Crippen molar-refractivity contribution in [2.45, 2.75) is 0 Å². The molecule has 3 heterocycles. The number of fused-ring (bicyclic) bond motifs is 2. The van der Waals surface area contributed by atoms with Crippen molar-refractivity contribution in [2.24, 2.45) is 0 Å². The van der Waals surface area contributed by atoms with E-state index in [0.717, 1.165) is 0 Å². The minimum atomic E-state index is -0.320. The second-order valence-electron chi connectivity index (χ2n) is 5.38. The van der Waals surface area contributed by atoms with E-state index in [-0.39, 0.29) is 11.6 Å². The lowest BCUT2D eigenvalue weighted by molar-refractivity contribution is -0.111. The largest absolute Gasteiger partial charge is 0.323 e. The Morgan fingerprint density at radius 1 is 1.20 bits per heavy atom. The Balaban J connectivity index is 1.57. The second kappa shape index (κ2) is 5.95. The van der Waals surface area contributed by atoms with E-state index in [1.807, 2.05) is 24.4 Å². The third kappa shape index (κ3) is 2.92. The van der Waals surface area contributed by atoms with Crippen LogP contribution in [0.25, 0.3) is 22.8 Å². The third-order valence-electron chi connectivity index (χ3n) is 3.70. The molecule has 0 unspecified atom stereocenters. The van der Waals surface area contributed by atoms with E-state index in [2.05, 4.69) is 20.3 Å². The van der Waals surface area contributed by atoms with Gasteiger partial charge in [-0.3, -0.25) is 9.20 Å². The number of carbonyl (C=O) groups excluding carboxylic acids is 1. The van der Waals surface area contributed by atoms with Crippen LogP contribution in [0.1, 0.15) is 5.69 Å². The highest BCUT2D eigenvalue weighted by atomic mass is 35.5. The molecule has 0 fully saturated rings. The summed E-state index contributed by atoms with van der Waals surface area (Å²) in [7, 11) is 0. The number of imidazole rings is 2. The summed E-state index contributed by atoms with van der Waals surface area (Å²) >= 11 is 6.13. The SMILES string of the molecule is O=C(/C=C/c1c(Cl)nc2ccccn12)Nc1ccc2[nH]c(=O)[nH]c2c1. The van der Waals surface area contributed by atoms with Crippen LogP contribution < -0.4 is 11.0 Å². The number of nitrogens with zero attached hydrogens (tertiary/aromatic N) is 2. The van der Waals surface area contributed by atoms with Gasteiger partial charge in [0.2, 0.25) is 5.91 Å². The number of nitrogens with one attached hydrogen (secondary N) is 3. The van der Waals surface area contributed by atoms with Gasteiger partial charge in [-0.15, -0.1) is 0 Å². The van der Waals surface area contributed by atoms with Gasteiger partial charge >= 0.3 is 5.69 Å². The fourth-order valence-electron chi connectivity index (χ4n) is 2.58. The first kappa shape index (κ1) is 15.2. The minimum Gasteiger partial charge on any atom is -0.322 e. The van der Waals surface area contributed by atoms with E-state index in [1.54, 1.807) is 28.7 Å². The molecule has 0 saturated carbocycles. The monoisotopic (exact) mass is 353 g/mol. The molecular formula is C17H12ClN5O2. The molecule has 0 radical (unpaired) electrons. The molecule has 1 amide bonds. The Morgan fingerprint density at radius 2 is 2.04 bits per heavy atom. The van der Waals surface area contributed by atoms with E-state index in [1.165, 1.54) is 6.08 Å². The molecule has 1 aromatic carbocycles. The number of H-pyrrole nitrogens is 2. The molecule has 7 nitrogen and oxygen atoms in total. The molecule has 3 aromatic heterocycles. The fourth-order valence-corrected chi connectivity index (χ4v) is 2.82. The summed E-state index contributed by atoms with van der Waals surface area (Å²) in [5, 5.41) is 3.06. The van der Waals surface area contributed by atoms with Crippen molar-refractivity contribution in [3.05, 3.63) is 70.0 Å². The van der Waals surface area contributed by atoms with Crippen molar-refractivity contribution in [2.75, 3.05) is 5.32 Å². The lowest BCUT2D eigenvalue weighted by atomic mass is 10.2. The Bertz CT molecular complexity index is 1180. The van der Waals surface area contributed by atoms with Crippen molar-refractivity contribution in [3.8, 4) is 0 Å². The summed E-state index contributed by atoms with van der Waals surface area (Å²) in [5.41, 5.74) is 2.90. The highest BCUT2D eigenvalue weighted by Crippen LogP contribution is 2.19. The summed E-state index contributed by atoms with van der Waals surface area (Å²) in [6.07, 6.45) is 4.81. The number of rotatable bonds is 3. The van der Waals surface area contributed by atoms with Crippen LogP contribution in [0.3, 0.4) is 0 Å². The lowest BCUT2D eigenvalue weighted by Crippen LogP contribution is -2.07. The minimum absolute atomic E-state index is 0.291. The average molecular weight is 354 g/mol. The smallest absolute Gasteiger partial charge is 0.322 e. The van der Waals surface area contributed by atoms with Crippen LogP contribution in [0.4, 0.5) is 5.69 Å². The highest BCUT2D eigenvalue weighted by molar-refractivity contribution is 6.31. The lowest BCUT2D eigenvalue weighted by Gasteiger charge is -2.02. The van der Waals surface area contributed by atoms with Gasteiger partial charge in [0, 0.05) is 18.0 Å². The number of benzene rings is 1. The van der Waals surface area contributed by atoms with Crippen molar-refractivity contribution < 1.29 is 4.79 Å². The quantitative estimate of drug-likeness (QED) is 0.494. The van der Waals surface area contributed by atoms with Crippen molar-refractivity contribution in [3.63, 3.8) is 0 Å². The average Bonchev–Trinajstić information content (AvgIpc) is 3.10. The topological polar surface area (TPSA) is 95.1 Å². The highest BCUT2D eigenvalue weighted by Gasteiger charge is 2.07. The predicted octanol–water partition coefficient (Wildman–Crippen LogP) is 2.81. The first-order chi connectivity index (χ1) is 12.1. The van der Waals surface area contributed by atoms with E-state index in [9.17, 15) is 9.59 Å². The Hall–Kier alpha value is -3.32. The van der Waals surface area contributed by atoms with E-state index >= 15 is 0 Å². The molecule has 0 saturated heterocycles. The van der Waals surface area contributed by atoms with E-state index in [0.29, 0.717) is 33.2 Å². The molecule has 0 aliphatic rings. The van der Waals surface area contributed by atoms with Crippen LogP contribution in [-0.2, 0) is 4.79 Å². The van der Waals surface area contributed by atoms with Gasteiger partial charge in [0.05, 0.1) is 16.7 Å². The molecule has 4 aromatic rings. The Morgan fingerprint density at radius 3 is 2.92 bits per heavy atom. The number of hydrogen-bond donors (Lipinski definition) is 3. The molecule has 8 heteroatoms. The second-order valence-corrected chi connectivity index (χ2v) is 5.74. The molecule has 0 aliphatic carbocycles. The number of carbonyl (C=O) groups is 1. The Kier molecular flexibility index (Phi) is 3.62. The number of aromatic amines is 2. The Labute approximate surface area is 146 Å². The van der Waals surface area contributed by atoms with Crippen LogP contribution >= 0.6 is 11.6 Å². The molecule has 0 spiro atoms. The summed E-state index contributed by atoms with van der Waals surface area (Å²) in [6.45, 7) is 0. The summed E-state index contributed by atoms with van der Waals surface area (Å²) < 4.78 is 1.79. The predicted molar refractivity (Wildman–Crippen MR) is 96.8 cm³/mol.